The Labute approximate surface area is 116 Å². The molecule has 0 spiro atoms. The molecule has 98 valence electrons. The summed E-state index contributed by atoms with van der Waals surface area (Å²) >= 11 is 0. The Morgan fingerprint density at radius 1 is 0.895 bits per heavy atom. The average molecular weight is 251 g/mol. The van der Waals surface area contributed by atoms with Gasteiger partial charge in [0.15, 0.2) is 0 Å². The van der Waals surface area contributed by atoms with Crippen LogP contribution in [0.2, 0.25) is 0 Å². The van der Waals surface area contributed by atoms with E-state index < -0.39 is 0 Å². The lowest BCUT2D eigenvalue weighted by Gasteiger charge is -2.13. The molecule has 0 radical (unpaired) electrons. The van der Waals surface area contributed by atoms with Crippen LogP contribution in [0.5, 0.6) is 0 Å². The number of nitrogens with zero attached hydrogens (tertiary/aromatic N) is 1. The van der Waals surface area contributed by atoms with Crippen LogP contribution in [-0.4, -0.2) is 5.71 Å². The molecule has 2 rings (SSSR count). The van der Waals surface area contributed by atoms with Gasteiger partial charge in [0.05, 0.1) is 6.04 Å². The van der Waals surface area contributed by atoms with Crippen molar-refractivity contribution in [2.75, 3.05) is 0 Å². The van der Waals surface area contributed by atoms with Gasteiger partial charge >= 0.3 is 0 Å². The number of benzene rings is 2. The maximum Gasteiger partial charge on any atom is 0.0749 e. The standard InChI is InChI=1S/C18H21N/c1-3-17(15-11-7-5-8-12-15)19-18(4-2)16-13-9-6-10-14-16/h5-14,17H,3-4H2,1-2H3. The SMILES string of the molecule is CCC(=NC(CC)c1ccccc1)c1ccccc1. The largest absolute Gasteiger partial charge is 0.281 e. The Balaban J connectivity index is 2.31. The molecule has 0 bridgehead atoms. The third kappa shape index (κ3) is 3.54. The van der Waals surface area contributed by atoms with Crippen molar-refractivity contribution in [2.24, 2.45) is 4.99 Å². The van der Waals surface area contributed by atoms with Gasteiger partial charge in [-0.2, -0.15) is 0 Å². The maximum atomic E-state index is 4.97. The lowest BCUT2D eigenvalue weighted by molar-refractivity contribution is 0.699. The molecule has 0 aliphatic rings. The highest BCUT2D eigenvalue weighted by molar-refractivity contribution is 6.00. The molecule has 0 aromatic heterocycles. The molecule has 0 amide bonds. The molecule has 0 saturated carbocycles. The summed E-state index contributed by atoms with van der Waals surface area (Å²) in [7, 11) is 0. The van der Waals surface area contributed by atoms with Gasteiger partial charge in [-0.1, -0.05) is 74.5 Å². The fourth-order valence-electron chi connectivity index (χ4n) is 2.27. The Morgan fingerprint density at radius 3 is 2.00 bits per heavy atom. The summed E-state index contributed by atoms with van der Waals surface area (Å²) in [5, 5.41) is 0. The van der Waals surface area contributed by atoms with Gasteiger partial charge in [0.2, 0.25) is 0 Å². The van der Waals surface area contributed by atoms with Gasteiger partial charge < -0.3 is 0 Å². The summed E-state index contributed by atoms with van der Waals surface area (Å²) in [4.78, 5) is 4.97. The molecule has 0 heterocycles. The van der Waals surface area contributed by atoms with Crippen LogP contribution in [0, 0.1) is 0 Å². The summed E-state index contributed by atoms with van der Waals surface area (Å²) in [5.74, 6) is 0. The van der Waals surface area contributed by atoms with Crippen LogP contribution in [-0.2, 0) is 0 Å². The molecule has 1 atom stereocenters. The van der Waals surface area contributed by atoms with Crippen molar-refractivity contribution >= 4 is 5.71 Å². The van der Waals surface area contributed by atoms with Crippen molar-refractivity contribution in [3.05, 3.63) is 71.8 Å². The molecule has 0 fully saturated rings. The van der Waals surface area contributed by atoms with E-state index in [0.717, 1.165) is 12.8 Å². The van der Waals surface area contributed by atoms with Crippen LogP contribution < -0.4 is 0 Å². The van der Waals surface area contributed by atoms with Gasteiger partial charge in [0, 0.05) is 5.71 Å². The third-order valence-corrected chi connectivity index (χ3v) is 3.32. The lowest BCUT2D eigenvalue weighted by atomic mass is 10.0. The minimum absolute atomic E-state index is 0.261. The average Bonchev–Trinajstić information content (AvgIpc) is 2.50. The minimum Gasteiger partial charge on any atom is -0.281 e. The zero-order valence-corrected chi connectivity index (χ0v) is 11.7. The van der Waals surface area contributed by atoms with E-state index in [2.05, 4.69) is 68.4 Å². The Bertz CT molecular complexity index is 514. The predicted octanol–water partition coefficient (Wildman–Crippen LogP) is 5.04. The lowest BCUT2D eigenvalue weighted by Crippen LogP contribution is -2.03. The molecule has 0 N–H and O–H groups in total. The zero-order valence-electron chi connectivity index (χ0n) is 11.7. The first-order chi connectivity index (χ1) is 9.35. The predicted molar refractivity (Wildman–Crippen MR) is 82.7 cm³/mol. The Kier molecular flexibility index (Phi) is 4.91. The first-order valence-electron chi connectivity index (χ1n) is 7.02. The van der Waals surface area contributed by atoms with Crippen LogP contribution in [0.4, 0.5) is 0 Å². The van der Waals surface area contributed by atoms with Gasteiger partial charge in [0.1, 0.15) is 0 Å². The fourth-order valence-corrected chi connectivity index (χ4v) is 2.27. The fraction of sp³-hybridized carbons (Fsp3) is 0.278. The zero-order chi connectivity index (χ0) is 13.5. The molecule has 0 aliphatic heterocycles. The van der Waals surface area contributed by atoms with Gasteiger partial charge in [-0.05, 0) is 24.0 Å². The van der Waals surface area contributed by atoms with E-state index in [0.29, 0.717) is 0 Å². The molecule has 2 aromatic rings. The summed E-state index contributed by atoms with van der Waals surface area (Å²) in [6, 6.07) is 21.3. The van der Waals surface area contributed by atoms with Gasteiger partial charge in [-0.3, -0.25) is 4.99 Å². The van der Waals surface area contributed by atoms with Crippen molar-refractivity contribution in [1.82, 2.24) is 0 Å². The molecule has 1 unspecified atom stereocenters. The van der Waals surface area contributed by atoms with E-state index in [9.17, 15) is 0 Å². The van der Waals surface area contributed by atoms with E-state index in [1.807, 2.05) is 6.07 Å². The minimum atomic E-state index is 0.261. The quantitative estimate of drug-likeness (QED) is 0.660. The van der Waals surface area contributed by atoms with E-state index in [-0.39, 0.29) is 6.04 Å². The Hall–Kier alpha value is -1.89. The Morgan fingerprint density at radius 2 is 1.47 bits per heavy atom. The molecule has 2 aromatic carbocycles. The van der Waals surface area contributed by atoms with Crippen LogP contribution in [0.1, 0.15) is 43.9 Å². The number of aliphatic imine (C=N–C) groups is 1. The van der Waals surface area contributed by atoms with Crippen LogP contribution in [0.3, 0.4) is 0 Å². The molecule has 1 nitrogen and oxygen atoms in total. The van der Waals surface area contributed by atoms with Crippen molar-refractivity contribution < 1.29 is 0 Å². The topological polar surface area (TPSA) is 12.4 Å². The van der Waals surface area contributed by atoms with E-state index in [4.69, 9.17) is 4.99 Å². The molecule has 19 heavy (non-hydrogen) atoms. The highest BCUT2D eigenvalue weighted by Crippen LogP contribution is 2.22. The summed E-state index contributed by atoms with van der Waals surface area (Å²) in [5.41, 5.74) is 3.72. The number of hydrogen-bond donors (Lipinski definition) is 0. The van der Waals surface area contributed by atoms with Gasteiger partial charge in [-0.15, -0.1) is 0 Å². The van der Waals surface area contributed by atoms with Crippen LogP contribution in [0.25, 0.3) is 0 Å². The van der Waals surface area contributed by atoms with Crippen molar-refractivity contribution in [1.29, 1.82) is 0 Å². The van der Waals surface area contributed by atoms with Gasteiger partial charge in [0.25, 0.3) is 0 Å². The molecule has 1 heteroatoms. The highest BCUT2D eigenvalue weighted by Gasteiger charge is 2.09. The van der Waals surface area contributed by atoms with E-state index in [1.165, 1.54) is 16.8 Å². The second-order valence-corrected chi connectivity index (χ2v) is 4.63. The molecular formula is C18H21N. The third-order valence-electron chi connectivity index (χ3n) is 3.32. The first kappa shape index (κ1) is 13.5. The summed E-state index contributed by atoms with van der Waals surface area (Å²) < 4.78 is 0. The molecule has 0 aliphatic carbocycles. The normalized spacial score (nSPS) is 13.3. The van der Waals surface area contributed by atoms with E-state index >= 15 is 0 Å². The second-order valence-electron chi connectivity index (χ2n) is 4.63. The van der Waals surface area contributed by atoms with Crippen LogP contribution >= 0.6 is 0 Å². The second kappa shape index (κ2) is 6.89. The van der Waals surface area contributed by atoms with Crippen molar-refractivity contribution in [3.63, 3.8) is 0 Å². The van der Waals surface area contributed by atoms with Crippen molar-refractivity contribution in [2.45, 2.75) is 32.7 Å². The molecule has 0 saturated heterocycles. The van der Waals surface area contributed by atoms with Crippen molar-refractivity contribution in [3.8, 4) is 0 Å². The maximum absolute atomic E-state index is 4.97. The van der Waals surface area contributed by atoms with Gasteiger partial charge in [-0.25, -0.2) is 0 Å². The summed E-state index contributed by atoms with van der Waals surface area (Å²) in [6.45, 7) is 4.36. The van der Waals surface area contributed by atoms with Crippen LogP contribution in [0.15, 0.2) is 65.7 Å². The van der Waals surface area contributed by atoms with E-state index in [1.54, 1.807) is 0 Å². The monoisotopic (exact) mass is 251 g/mol. The smallest absolute Gasteiger partial charge is 0.0749 e. The number of hydrogen-bond acceptors (Lipinski definition) is 1. The number of rotatable bonds is 5. The first-order valence-corrected chi connectivity index (χ1v) is 7.02. The molecular weight excluding hydrogens is 230 g/mol. The summed E-state index contributed by atoms with van der Waals surface area (Å²) in [6.07, 6.45) is 1.99. The highest BCUT2D eigenvalue weighted by atomic mass is 14.8.